The number of esters is 1. The largest absolute Gasteiger partial charge is 0.468 e. The van der Waals surface area contributed by atoms with E-state index < -0.39 is 11.9 Å². The molecule has 0 aliphatic heterocycles. The summed E-state index contributed by atoms with van der Waals surface area (Å²) in [5.74, 6) is -1.65. The van der Waals surface area contributed by atoms with Gasteiger partial charge >= 0.3 is 5.97 Å². The van der Waals surface area contributed by atoms with Crippen molar-refractivity contribution < 1.29 is 14.3 Å². The zero-order valence-corrected chi connectivity index (χ0v) is 11.3. The second kappa shape index (κ2) is 6.28. The van der Waals surface area contributed by atoms with Gasteiger partial charge in [-0.3, -0.25) is 14.6 Å². The number of pyridine rings is 1. The number of carbonyl (C=O) groups excluding carboxylic acids is 2. The van der Waals surface area contributed by atoms with Crippen LogP contribution in [0.1, 0.15) is 36.8 Å². The van der Waals surface area contributed by atoms with E-state index in [1.165, 1.54) is 7.11 Å². The minimum Gasteiger partial charge on any atom is -0.468 e. The average molecular weight is 249 g/mol. The summed E-state index contributed by atoms with van der Waals surface area (Å²) in [6.45, 7) is 5.61. The van der Waals surface area contributed by atoms with E-state index in [0.717, 1.165) is 5.56 Å². The van der Waals surface area contributed by atoms with Crippen LogP contribution in [0.4, 0.5) is 0 Å². The summed E-state index contributed by atoms with van der Waals surface area (Å²) >= 11 is 0. The maximum atomic E-state index is 12.4. The Morgan fingerprint density at radius 2 is 2.06 bits per heavy atom. The number of ketones is 1. The van der Waals surface area contributed by atoms with E-state index in [-0.39, 0.29) is 11.7 Å². The lowest BCUT2D eigenvalue weighted by Crippen LogP contribution is -2.31. The van der Waals surface area contributed by atoms with Crippen LogP contribution in [0, 0.1) is 11.8 Å². The predicted molar refractivity (Wildman–Crippen MR) is 68.3 cm³/mol. The van der Waals surface area contributed by atoms with Crippen LogP contribution in [-0.2, 0) is 16.0 Å². The number of hydrogen-bond acceptors (Lipinski definition) is 4. The lowest BCUT2D eigenvalue weighted by Gasteiger charge is -2.17. The molecular weight excluding hydrogens is 230 g/mol. The maximum absolute atomic E-state index is 12.4. The molecule has 4 heteroatoms. The number of aromatic nitrogens is 1. The second-order valence-corrected chi connectivity index (χ2v) is 4.47. The highest BCUT2D eigenvalue weighted by Crippen LogP contribution is 2.20. The monoisotopic (exact) mass is 249 g/mol. The third kappa shape index (κ3) is 2.94. The summed E-state index contributed by atoms with van der Waals surface area (Å²) in [7, 11) is 1.30. The molecule has 0 aliphatic carbocycles. The van der Waals surface area contributed by atoms with Crippen molar-refractivity contribution in [3.05, 3.63) is 29.6 Å². The van der Waals surface area contributed by atoms with Crippen molar-refractivity contribution in [2.24, 2.45) is 11.8 Å². The zero-order valence-electron chi connectivity index (χ0n) is 11.3. The molecule has 18 heavy (non-hydrogen) atoms. The summed E-state index contributed by atoms with van der Waals surface area (Å²) in [5, 5.41) is 0. The molecule has 0 fully saturated rings. The molecule has 0 N–H and O–H groups in total. The molecule has 1 heterocycles. The SMILES string of the molecule is CCc1cccnc1C(=O)C(C(=O)OC)C(C)C. The van der Waals surface area contributed by atoms with Crippen LogP contribution >= 0.6 is 0 Å². The number of aryl methyl sites for hydroxylation is 1. The van der Waals surface area contributed by atoms with Gasteiger partial charge in [-0.2, -0.15) is 0 Å². The number of carbonyl (C=O) groups is 2. The molecule has 0 saturated heterocycles. The maximum Gasteiger partial charge on any atom is 0.316 e. The van der Waals surface area contributed by atoms with E-state index in [0.29, 0.717) is 12.1 Å². The highest BCUT2D eigenvalue weighted by Gasteiger charge is 2.33. The van der Waals surface area contributed by atoms with Gasteiger partial charge in [0.05, 0.1) is 7.11 Å². The summed E-state index contributed by atoms with van der Waals surface area (Å²) in [4.78, 5) is 28.2. The molecule has 0 radical (unpaired) electrons. The highest BCUT2D eigenvalue weighted by molar-refractivity contribution is 6.08. The number of ether oxygens (including phenoxy) is 1. The molecule has 1 rings (SSSR count). The van der Waals surface area contributed by atoms with Crippen molar-refractivity contribution in [2.45, 2.75) is 27.2 Å². The number of methoxy groups -OCH3 is 1. The van der Waals surface area contributed by atoms with Crippen LogP contribution in [0.2, 0.25) is 0 Å². The first-order chi connectivity index (χ1) is 8.52. The van der Waals surface area contributed by atoms with Gasteiger partial charge in [-0.1, -0.05) is 26.8 Å². The molecule has 0 amide bonds. The molecule has 1 aromatic heterocycles. The van der Waals surface area contributed by atoms with E-state index in [1.807, 2.05) is 26.8 Å². The van der Waals surface area contributed by atoms with Crippen LogP contribution in [0.5, 0.6) is 0 Å². The Morgan fingerprint density at radius 3 is 2.56 bits per heavy atom. The minimum atomic E-state index is -0.782. The summed E-state index contributed by atoms with van der Waals surface area (Å²) in [5.41, 5.74) is 1.24. The Bertz CT molecular complexity index is 440. The van der Waals surface area contributed by atoms with Gasteiger partial charge in [0.1, 0.15) is 11.6 Å². The molecule has 98 valence electrons. The van der Waals surface area contributed by atoms with Gasteiger partial charge < -0.3 is 4.74 Å². The lowest BCUT2D eigenvalue weighted by atomic mass is 9.88. The van der Waals surface area contributed by atoms with Crippen LogP contribution in [0.3, 0.4) is 0 Å². The zero-order chi connectivity index (χ0) is 13.7. The molecule has 0 bridgehead atoms. The van der Waals surface area contributed by atoms with Crippen LogP contribution in [0.25, 0.3) is 0 Å². The Balaban J connectivity index is 3.14. The van der Waals surface area contributed by atoms with Gasteiger partial charge in [-0.15, -0.1) is 0 Å². The van der Waals surface area contributed by atoms with E-state index in [9.17, 15) is 9.59 Å². The number of rotatable bonds is 5. The smallest absolute Gasteiger partial charge is 0.316 e. The van der Waals surface area contributed by atoms with Gasteiger partial charge in [0.25, 0.3) is 0 Å². The highest BCUT2D eigenvalue weighted by atomic mass is 16.5. The number of hydrogen-bond donors (Lipinski definition) is 0. The lowest BCUT2D eigenvalue weighted by molar-refractivity contribution is -0.144. The van der Waals surface area contributed by atoms with Gasteiger partial charge in [0.15, 0.2) is 5.78 Å². The van der Waals surface area contributed by atoms with Crippen molar-refractivity contribution in [3.63, 3.8) is 0 Å². The normalized spacial score (nSPS) is 12.3. The number of nitrogens with zero attached hydrogens (tertiary/aromatic N) is 1. The minimum absolute atomic E-state index is 0.114. The average Bonchev–Trinajstić information content (AvgIpc) is 2.37. The van der Waals surface area contributed by atoms with Crippen molar-refractivity contribution in [3.8, 4) is 0 Å². The quantitative estimate of drug-likeness (QED) is 0.456. The molecule has 0 aliphatic rings. The number of Topliss-reactive ketones (excluding diaryl/α,β-unsaturated/α-hetero) is 1. The van der Waals surface area contributed by atoms with E-state index in [4.69, 9.17) is 4.74 Å². The third-order valence-corrected chi connectivity index (χ3v) is 2.91. The van der Waals surface area contributed by atoms with Crippen molar-refractivity contribution in [1.82, 2.24) is 4.98 Å². The molecule has 0 aromatic carbocycles. The second-order valence-electron chi connectivity index (χ2n) is 4.47. The first-order valence-corrected chi connectivity index (χ1v) is 6.08. The van der Waals surface area contributed by atoms with Crippen molar-refractivity contribution >= 4 is 11.8 Å². The first-order valence-electron chi connectivity index (χ1n) is 6.08. The molecule has 0 spiro atoms. The Hall–Kier alpha value is -1.71. The van der Waals surface area contributed by atoms with Gasteiger partial charge in [0.2, 0.25) is 0 Å². The fourth-order valence-electron chi connectivity index (χ4n) is 1.90. The standard InChI is InChI=1S/C14H19NO3/c1-5-10-7-6-8-15-12(10)13(16)11(9(2)3)14(17)18-4/h6-9,11H,5H2,1-4H3. The topological polar surface area (TPSA) is 56.3 Å². The Morgan fingerprint density at radius 1 is 1.39 bits per heavy atom. The molecule has 1 aromatic rings. The van der Waals surface area contributed by atoms with Crippen molar-refractivity contribution in [2.75, 3.05) is 7.11 Å². The van der Waals surface area contributed by atoms with Crippen LogP contribution in [-0.4, -0.2) is 23.8 Å². The van der Waals surface area contributed by atoms with E-state index in [1.54, 1.807) is 12.3 Å². The fourth-order valence-corrected chi connectivity index (χ4v) is 1.90. The summed E-state index contributed by atoms with van der Waals surface area (Å²) < 4.78 is 4.70. The molecule has 1 atom stereocenters. The summed E-state index contributed by atoms with van der Waals surface area (Å²) in [6, 6.07) is 3.65. The van der Waals surface area contributed by atoms with Crippen molar-refractivity contribution in [1.29, 1.82) is 0 Å². The Kier molecular flexibility index (Phi) is 5.01. The van der Waals surface area contributed by atoms with E-state index in [2.05, 4.69) is 4.98 Å². The molecule has 1 unspecified atom stereocenters. The molecular formula is C14H19NO3. The molecule has 0 saturated carbocycles. The predicted octanol–water partition coefficient (Wildman–Crippen LogP) is 2.27. The van der Waals surface area contributed by atoms with Crippen LogP contribution < -0.4 is 0 Å². The van der Waals surface area contributed by atoms with Gasteiger partial charge in [-0.25, -0.2) is 0 Å². The molecule has 4 nitrogen and oxygen atoms in total. The summed E-state index contributed by atoms with van der Waals surface area (Å²) in [6.07, 6.45) is 2.28. The first kappa shape index (κ1) is 14.4. The fraction of sp³-hybridized carbons (Fsp3) is 0.500. The van der Waals surface area contributed by atoms with Gasteiger partial charge in [-0.05, 0) is 24.0 Å². The van der Waals surface area contributed by atoms with Gasteiger partial charge in [0, 0.05) is 6.20 Å². The third-order valence-electron chi connectivity index (χ3n) is 2.91. The Labute approximate surface area is 107 Å². The van der Waals surface area contributed by atoms with E-state index >= 15 is 0 Å². The van der Waals surface area contributed by atoms with Crippen LogP contribution in [0.15, 0.2) is 18.3 Å².